The van der Waals surface area contributed by atoms with Gasteiger partial charge in [0, 0.05) is 5.56 Å². The molecule has 35 heavy (non-hydrogen) atoms. The number of anilines is 1. The lowest BCUT2D eigenvalue weighted by Gasteiger charge is -2.28. The minimum absolute atomic E-state index is 0.181. The number of hydrogen-bond donors (Lipinski definition) is 0. The Morgan fingerprint density at radius 2 is 1.43 bits per heavy atom. The molecule has 5 rings (SSSR count). The molecule has 0 unspecified atom stereocenters. The minimum Gasteiger partial charge on any atom is -0.454 e. The quantitative estimate of drug-likeness (QED) is 0.296. The first kappa shape index (κ1) is 22.7. The van der Waals surface area contributed by atoms with Gasteiger partial charge in [-0.1, -0.05) is 66.7 Å². The second-order valence-electron chi connectivity index (χ2n) is 9.06. The van der Waals surface area contributed by atoms with Gasteiger partial charge in [0.25, 0.3) is 0 Å². The van der Waals surface area contributed by atoms with Gasteiger partial charge in [-0.3, -0.25) is 19.3 Å². The molecule has 3 aromatic carbocycles. The van der Waals surface area contributed by atoms with Crippen molar-refractivity contribution in [3.63, 3.8) is 0 Å². The Morgan fingerprint density at radius 3 is 2.17 bits per heavy atom. The summed E-state index contributed by atoms with van der Waals surface area (Å²) in [4.78, 5) is 52.6. The number of ketones is 1. The number of benzene rings is 3. The number of fused-ring (bicyclic) bond motifs is 1. The molecule has 3 aromatic rings. The summed E-state index contributed by atoms with van der Waals surface area (Å²) >= 11 is 0. The molecular weight excluding hydrogens is 442 g/mol. The van der Waals surface area contributed by atoms with Crippen molar-refractivity contribution in [3.8, 4) is 0 Å². The van der Waals surface area contributed by atoms with Gasteiger partial charge in [-0.05, 0) is 48.9 Å². The molecule has 1 aliphatic carbocycles. The Kier molecular flexibility index (Phi) is 6.27. The first-order valence-electron chi connectivity index (χ1n) is 11.8. The lowest BCUT2D eigenvalue weighted by molar-refractivity contribution is -0.122. The number of carbonyl (C=O) groups excluding carboxylic acids is 4. The first-order valence-corrected chi connectivity index (χ1v) is 11.8. The summed E-state index contributed by atoms with van der Waals surface area (Å²) < 4.78 is 5.20. The Balaban J connectivity index is 1.29. The molecule has 6 nitrogen and oxygen atoms in total. The standard InChI is InChI=1S/C29H25NO5/c31-26(20-10-5-2-6-11-20)18-35-29(34)22-12-7-13-23(16-22)30-27(32)24-15-14-21(17-25(24)28(30)33)19-8-3-1-4-9-19/h1-13,16,21,24-25H,14-15,17-18H2/t21-,24+,25+/m0/s1. The molecule has 2 amide bonds. The molecule has 2 fully saturated rings. The first-order chi connectivity index (χ1) is 17.0. The number of hydrogen-bond acceptors (Lipinski definition) is 5. The van der Waals surface area contributed by atoms with E-state index >= 15 is 0 Å². The van der Waals surface area contributed by atoms with E-state index < -0.39 is 5.97 Å². The van der Waals surface area contributed by atoms with Gasteiger partial charge in [0.2, 0.25) is 11.8 Å². The Morgan fingerprint density at radius 1 is 0.771 bits per heavy atom. The van der Waals surface area contributed by atoms with Gasteiger partial charge in [0.05, 0.1) is 23.1 Å². The molecule has 0 N–H and O–H groups in total. The summed E-state index contributed by atoms with van der Waals surface area (Å²) in [5, 5.41) is 0. The van der Waals surface area contributed by atoms with Crippen LogP contribution < -0.4 is 4.90 Å². The van der Waals surface area contributed by atoms with E-state index in [1.807, 2.05) is 18.2 Å². The Bertz CT molecular complexity index is 1270. The molecular formula is C29H25NO5. The lowest BCUT2D eigenvalue weighted by atomic mass is 9.73. The van der Waals surface area contributed by atoms with Gasteiger partial charge in [-0.25, -0.2) is 4.79 Å². The fourth-order valence-corrected chi connectivity index (χ4v) is 5.16. The van der Waals surface area contributed by atoms with E-state index in [-0.39, 0.29) is 47.5 Å². The van der Waals surface area contributed by atoms with Crippen LogP contribution in [0.2, 0.25) is 0 Å². The van der Waals surface area contributed by atoms with Gasteiger partial charge in [0.1, 0.15) is 0 Å². The highest BCUT2D eigenvalue weighted by molar-refractivity contribution is 6.22. The molecule has 0 spiro atoms. The number of Topliss-reactive ketones (excluding diaryl/α,β-unsaturated/α-hetero) is 1. The second-order valence-corrected chi connectivity index (χ2v) is 9.06. The third kappa shape index (κ3) is 4.52. The smallest absolute Gasteiger partial charge is 0.338 e. The molecule has 176 valence electrons. The third-order valence-electron chi connectivity index (χ3n) is 6.97. The highest BCUT2D eigenvalue weighted by atomic mass is 16.5. The molecule has 0 bridgehead atoms. The largest absolute Gasteiger partial charge is 0.454 e. The van der Waals surface area contributed by atoms with E-state index in [0.29, 0.717) is 24.1 Å². The topological polar surface area (TPSA) is 80.8 Å². The van der Waals surface area contributed by atoms with Crippen molar-refractivity contribution in [1.29, 1.82) is 0 Å². The van der Waals surface area contributed by atoms with E-state index in [4.69, 9.17) is 4.74 Å². The number of imide groups is 1. The average molecular weight is 468 g/mol. The van der Waals surface area contributed by atoms with E-state index in [9.17, 15) is 19.2 Å². The fourth-order valence-electron chi connectivity index (χ4n) is 5.16. The molecule has 6 heteroatoms. The van der Waals surface area contributed by atoms with Gasteiger partial charge in [-0.15, -0.1) is 0 Å². The molecule has 3 atom stereocenters. The number of rotatable bonds is 6. The predicted octanol–water partition coefficient (Wildman–Crippen LogP) is 4.80. The van der Waals surface area contributed by atoms with Crippen LogP contribution in [0.25, 0.3) is 0 Å². The minimum atomic E-state index is -0.684. The highest BCUT2D eigenvalue weighted by Crippen LogP contribution is 2.45. The Labute approximate surface area is 203 Å². The Hall–Kier alpha value is -4.06. The van der Waals surface area contributed by atoms with Crippen LogP contribution >= 0.6 is 0 Å². The zero-order valence-electron chi connectivity index (χ0n) is 19.1. The molecule has 0 aromatic heterocycles. The predicted molar refractivity (Wildman–Crippen MR) is 130 cm³/mol. The van der Waals surface area contributed by atoms with Crippen molar-refractivity contribution in [1.82, 2.24) is 0 Å². The van der Waals surface area contributed by atoms with E-state index in [0.717, 1.165) is 6.42 Å². The van der Waals surface area contributed by atoms with Crippen LogP contribution in [0.3, 0.4) is 0 Å². The monoisotopic (exact) mass is 467 g/mol. The van der Waals surface area contributed by atoms with Crippen LogP contribution in [0.15, 0.2) is 84.9 Å². The van der Waals surface area contributed by atoms with E-state index in [1.165, 1.54) is 16.5 Å². The lowest BCUT2D eigenvalue weighted by Crippen LogP contribution is -2.31. The van der Waals surface area contributed by atoms with E-state index in [2.05, 4.69) is 12.1 Å². The van der Waals surface area contributed by atoms with Crippen molar-refractivity contribution in [2.75, 3.05) is 11.5 Å². The van der Waals surface area contributed by atoms with Crippen molar-refractivity contribution in [2.24, 2.45) is 11.8 Å². The SMILES string of the molecule is O=C(COC(=O)c1cccc(N2C(=O)[C@@H]3CC[C@H](c4ccccc4)C[C@H]3C2=O)c1)c1ccccc1. The van der Waals surface area contributed by atoms with Crippen LogP contribution in [-0.2, 0) is 14.3 Å². The summed E-state index contributed by atoms with van der Waals surface area (Å²) in [7, 11) is 0. The van der Waals surface area contributed by atoms with Crippen LogP contribution in [-0.4, -0.2) is 30.2 Å². The van der Waals surface area contributed by atoms with Crippen LogP contribution in [0, 0.1) is 11.8 Å². The molecule has 1 heterocycles. The van der Waals surface area contributed by atoms with Crippen LogP contribution in [0.5, 0.6) is 0 Å². The van der Waals surface area contributed by atoms with Gasteiger partial charge >= 0.3 is 5.97 Å². The van der Waals surface area contributed by atoms with Crippen LogP contribution in [0.4, 0.5) is 5.69 Å². The summed E-state index contributed by atoms with van der Waals surface area (Å²) in [6.07, 6.45) is 2.16. The number of ether oxygens (including phenoxy) is 1. The number of esters is 1. The second kappa shape index (κ2) is 9.66. The maximum Gasteiger partial charge on any atom is 0.338 e. The van der Waals surface area contributed by atoms with Gasteiger partial charge in [0.15, 0.2) is 12.4 Å². The van der Waals surface area contributed by atoms with Gasteiger partial charge in [-0.2, -0.15) is 0 Å². The maximum atomic E-state index is 13.3. The summed E-state index contributed by atoms with van der Waals surface area (Å²) in [6, 6.07) is 25.0. The summed E-state index contributed by atoms with van der Waals surface area (Å²) in [6.45, 7) is -0.389. The van der Waals surface area contributed by atoms with E-state index in [1.54, 1.807) is 48.5 Å². The van der Waals surface area contributed by atoms with Crippen molar-refractivity contribution in [3.05, 3.63) is 102 Å². The molecule has 2 aliphatic rings. The average Bonchev–Trinajstić information content (AvgIpc) is 3.17. The molecule has 1 aliphatic heterocycles. The molecule has 1 saturated heterocycles. The van der Waals surface area contributed by atoms with Crippen molar-refractivity contribution in [2.45, 2.75) is 25.2 Å². The summed E-state index contributed by atoms with van der Waals surface area (Å²) in [5.41, 5.74) is 2.19. The summed E-state index contributed by atoms with van der Waals surface area (Å²) in [5.74, 6) is -1.87. The number of nitrogens with zero attached hydrogens (tertiary/aromatic N) is 1. The van der Waals surface area contributed by atoms with Crippen LogP contribution in [0.1, 0.15) is 51.5 Å². The van der Waals surface area contributed by atoms with Crippen molar-refractivity contribution < 1.29 is 23.9 Å². The number of amides is 2. The fraction of sp³-hybridized carbons (Fsp3) is 0.241. The maximum absolute atomic E-state index is 13.3. The van der Waals surface area contributed by atoms with Gasteiger partial charge < -0.3 is 4.74 Å². The zero-order valence-corrected chi connectivity index (χ0v) is 19.1. The zero-order chi connectivity index (χ0) is 24.4. The highest BCUT2D eigenvalue weighted by Gasteiger charge is 2.50. The normalized spacial score (nSPS) is 21.5. The third-order valence-corrected chi connectivity index (χ3v) is 6.97. The van der Waals surface area contributed by atoms with Crippen molar-refractivity contribution >= 4 is 29.3 Å². The number of carbonyl (C=O) groups is 4. The molecule has 0 radical (unpaired) electrons. The molecule has 1 saturated carbocycles.